The molecule has 0 aliphatic carbocycles. The molecule has 0 fully saturated rings. The molecular formula is C10H13ClN2O2S. The second-order valence-electron chi connectivity index (χ2n) is 3.47. The zero-order valence-corrected chi connectivity index (χ0v) is 10.7. The van der Waals surface area contributed by atoms with Crippen molar-refractivity contribution in [1.29, 1.82) is 0 Å². The van der Waals surface area contributed by atoms with Crippen LogP contribution in [0.2, 0.25) is 5.02 Å². The number of aromatic nitrogens is 1. The minimum atomic E-state index is -1.01. The Hall–Kier alpha value is -0.780. The Kier molecular flexibility index (Phi) is 5.05. The monoisotopic (exact) mass is 260 g/mol. The molecule has 0 atom stereocenters. The van der Waals surface area contributed by atoms with Crippen molar-refractivity contribution >= 4 is 29.3 Å². The van der Waals surface area contributed by atoms with E-state index in [1.54, 1.807) is 0 Å². The van der Waals surface area contributed by atoms with Crippen LogP contribution in [0.3, 0.4) is 0 Å². The molecule has 0 amide bonds. The number of carbonyl (C=O) groups is 1. The summed E-state index contributed by atoms with van der Waals surface area (Å²) in [7, 11) is 3.98. The summed E-state index contributed by atoms with van der Waals surface area (Å²) in [5.74, 6) is -0.147. The van der Waals surface area contributed by atoms with Crippen molar-refractivity contribution in [2.45, 2.75) is 5.03 Å². The maximum atomic E-state index is 10.7. The fraction of sp³-hybridized carbons (Fsp3) is 0.400. The maximum Gasteiger partial charge on any atom is 0.337 e. The number of aromatic carboxylic acids is 1. The predicted octanol–water partition coefficient (Wildman–Crippen LogP) is 2.09. The van der Waals surface area contributed by atoms with Crippen LogP contribution < -0.4 is 0 Å². The number of hydrogen-bond donors (Lipinski definition) is 1. The third kappa shape index (κ3) is 4.00. The van der Waals surface area contributed by atoms with Gasteiger partial charge in [-0.15, -0.1) is 11.8 Å². The largest absolute Gasteiger partial charge is 0.478 e. The number of pyridine rings is 1. The van der Waals surface area contributed by atoms with Crippen LogP contribution in [0, 0.1) is 0 Å². The molecule has 0 spiro atoms. The fourth-order valence-corrected chi connectivity index (χ4v) is 2.28. The Morgan fingerprint density at radius 1 is 1.62 bits per heavy atom. The van der Waals surface area contributed by atoms with Crippen LogP contribution in [0.25, 0.3) is 0 Å². The first-order valence-corrected chi connectivity index (χ1v) is 6.03. The van der Waals surface area contributed by atoms with Crippen LogP contribution in [-0.2, 0) is 0 Å². The summed E-state index contributed by atoms with van der Waals surface area (Å²) < 4.78 is 0. The van der Waals surface area contributed by atoms with Gasteiger partial charge in [-0.2, -0.15) is 0 Å². The van der Waals surface area contributed by atoms with Crippen LogP contribution in [-0.4, -0.2) is 47.4 Å². The predicted molar refractivity (Wildman–Crippen MR) is 65.5 cm³/mol. The summed E-state index contributed by atoms with van der Waals surface area (Å²) in [5.41, 5.74) is 0.113. The Morgan fingerprint density at radius 2 is 2.31 bits per heavy atom. The average Bonchev–Trinajstić information content (AvgIpc) is 2.19. The standard InChI is InChI=1S/C10H13ClN2O2S/c1-13(2)3-4-16-9-8(11)5-7(6-12-9)10(14)15/h5-6H,3-4H2,1-2H3,(H,14,15). The highest BCUT2D eigenvalue weighted by Crippen LogP contribution is 2.25. The van der Waals surface area contributed by atoms with E-state index in [1.807, 2.05) is 14.1 Å². The molecule has 1 N–H and O–H groups in total. The normalized spacial score (nSPS) is 10.8. The zero-order valence-electron chi connectivity index (χ0n) is 9.11. The molecular weight excluding hydrogens is 248 g/mol. The first kappa shape index (κ1) is 13.3. The highest BCUT2D eigenvalue weighted by Gasteiger charge is 2.08. The van der Waals surface area contributed by atoms with E-state index in [4.69, 9.17) is 16.7 Å². The number of thioether (sulfide) groups is 1. The van der Waals surface area contributed by atoms with Crippen molar-refractivity contribution in [3.05, 3.63) is 22.8 Å². The van der Waals surface area contributed by atoms with Gasteiger partial charge in [0, 0.05) is 18.5 Å². The van der Waals surface area contributed by atoms with E-state index in [-0.39, 0.29) is 5.56 Å². The molecule has 1 aromatic rings. The Balaban J connectivity index is 2.64. The number of rotatable bonds is 5. The van der Waals surface area contributed by atoms with Gasteiger partial charge in [0.1, 0.15) is 5.03 Å². The number of carboxylic acid groups (broad SMARTS) is 1. The number of halogens is 1. The van der Waals surface area contributed by atoms with Gasteiger partial charge in [0.2, 0.25) is 0 Å². The summed E-state index contributed by atoms with van der Waals surface area (Å²) in [5, 5.41) is 9.80. The van der Waals surface area contributed by atoms with Crippen molar-refractivity contribution < 1.29 is 9.90 Å². The lowest BCUT2D eigenvalue weighted by molar-refractivity contribution is 0.0696. The van der Waals surface area contributed by atoms with Gasteiger partial charge < -0.3 is 10.0 Å². The number of nitrogens with zero attached hydrogens (tertiary/aromatic N) is 2. The van der Waals surface area contributed by atoms with Crippen LogP contribution in [0.1, 0.15) is 10.4 Å². The minimum absolute atomic E-state index is 0.113. The van der Waals surface area contributed by atoms with E-state index in [1.165, 1.54) is 24.0 Å². The summed E-state index contributed by atoms with van der Waals surface area (Å²) in [6, 6.07) is 1.43. The maximum absolute atomic E-state index is 10.7. The lowest BCUT2D eigenvalue weighted by atomic mass is 10.3. The summed E-state index contributed by atoms with van der Waals surface area (Å²) in [6.45, 7) is 0.920. The molecule has 1 aromatic heterocycles. The summed E-state index contributed by atoms with van der Waals surface area (Å²) in [4.78, 5) is 16.7. The van der Waals surface area contributed by atoms with Gasteiger partial charge in [0.15, 0.2) is 0 Å². The van der Waals surface area contributed by atoms with Crippen molar-refractivity contribution in [1.82, 2.24) is 9.88 Å². The molecule has 0 aliphatic rings. The molecule has 0 bridgehead atoms. The second kappa shape index (κ2) is 6.08. The lowest BCUT2D eigenvalue weighted by Gasteiger charge is -2.09. The summed E-state index contributed by atoms with van der Waals surface area (Å²) in [6.07, 6.45) is 1.33. The quantitative estimate of drug-likeness (QED) is 0.822. The lowest BCUT2D eigenvalue weighted by Crippen LogP contribution is -2.14. The topological polar surface area (TPSA) is 53.4 Å². The van der Waals surface area contributed by atoms with Crippen LogP contribution >= 0.6 is 23.4 Å². The first-order valence-electron chi connectivity index (χ1n) is 4.67. The van der Waals surface area contributed by atoms with Crippen molar-refractivity contribution in [3.63, 3.8) is 0 Å². The second-order valence-corrected chi connectivity index (χ2v) is 4.96. The molecule has 0 unspecified atom stereocenters. The van der Waals surface area contributed by atoms with Crippen molar-refractivity contribution in [2.75, 3.05) is 26.4 Å². The third-order valence-electron chi connectivity index (χ3n) is 1.83. The Bertz CT molecular complexity index is 385. The molecule has 16 heavy (non-hydrogen) atoms. The van der Waals surface area contributed by atoms with Gasteiger partial charge in [-0.3, -0.25) is 0 Å². The van der Waals surface area contributed by atoms with E-state index in [9.17, 15) is 4.79 Å². The minimum Gasteiger partial charge on any atom is -0.478 e. The van der Waals surface area contributed by atoms with E-state index >= 15 is 0 Å². The SMILES string of the molecule is CN(C)CCSc1ncc(C(=O)O)cc1Cl. The van der Waals surface area contributed by atoms with Crippen LogP contribution in [0.15, 0.2) is 17.3 Å². The fourth-order valence-electron chi connectivity index (χ4n) is 0.973. The molecule has 6 heteroatoms. The smallest absolute Gasteiger partial charge is 0.337 e. The highest BCUT2D eigenvalue weighted by atomic mass is 35.5. The van der Waals surface area contributed by atoms with Gasteiger partial charge in [-0.25, -0.2) is 9.78 Å². The molecule has 0 saturated heterocycles. The van der Waals surface area contributed by atoms with E-state index in [2.05, 4.69) is 9.88 Å². The van der Waals surface area contributed by atoms with Gasteiger partial charge in [-0.1, -0.05) is 11.6 Å². The highest BCUT2D eigenvalue weighted by molar-refractivity contribution is 7.99. The summed E-state index contributed by atoms with van der Waals surface area (Å²) >= 11 is 7.45. The molecule has 4 nitrogen and oxygen atoms in total. The van der Waals surface area contributed by atoms with Gasteiger partial charge >= 0.3 is 5.97 Å². The zero-order chi connectivity index (χ0) is 12.1. The third-order valence-corrected chi connectivity index (χ3v) is 3.22. The molecule has 0 aromatic carbocycles. The van der Waals surface area contributed by atoms with Crippen LogP contribution in [0.4, 0.5) is 0 Å². The van der Waals surface area contributed by atoms with Crippen LogP contribution in [0.5, 0.6) is 0 Å². The molecule has 0 aliphatic heterocycles. The van der Waals surface area contributed by atoms with Gasteiger partial charge in [0.05, 0.1) is 10.6 Å². The average molecular weight is 261 g/mol. The Labute approximate surface area is 104 Å². The molecule has 88 valence electrons. The first-order chi connectivity index (χ1) is 7.50. The van der Waals surface area contributed by atoms with Gasteiger partial charge in [-0.05, 0) is 20.2 Å². The van der Waals surface area contributed by atoms with E-state index in [0.717, 1.165) is 12.3 Å². The Morgan fingerprint density at radius 3 is 2.81 bits per heavy atom. The molecule has 0 saturated carbocycles. The number of carboxylic acids is 1. The van der Waals surface area contributed by atoms with Crippen molar-refractivity contribution in [3.8, 4) is 0 Å². The van der Waals surface area contributed by atoms with Gasteiger partial charge in [0.25, 0.3) is 0 Å². The number of hydrogen-bond acceptors (Lipinski definition) is 4. The van der Waals surface area contributed by atoms with E-state index < -0.39 is 5.97 Å². The molecule has 0 radical (unpaired) electrons. The van der Waals surface area contributed by atoms with Crippen molar-refractivity contribution in [2.24, 2.45) is 0 Å². The molecule has 1 rings (SSSR count). The van der Waals surface area contributed by atoms with E-state index in [0.29, 0.717) is 10.0 Å². The molecule has 1 heterocycles.